The fraction of sp³-hybridized carbons (Fsp3) is 0.591. The van der Waals surface area contributed by atoms with Crippen molar-refractivity contribution in [1.29, 1.82) is 5.26 Å². The number of fused-ring (bicyclic) bond motifs is 1. The van der Waals surface area contributed by atoms with Crippen molar-refractivity contribution in [3.63, 3.8) is 0 Å². The molecule has 0 fully saturated rings. The fourth-order valence-corrected chi connectivity index (χ4v) is 5.67. The van der Waals surface area contributed by atoms with Crippen molar-refractivity contribution in [3.8, 4) is 6.07 Å². The van der Waals surface area contributed by atoms with Crippen LogP contribution in [0.15, 0.2) is 23.7 Å². The number of nitrogens with zero attached hydrogens (tertiary/aromatic N) is 2. The van der Waals surface area contributed by atoms with Gasteiger partial charge in [-0.05, 0) is 43.7 Å². The molecule has 1 aromatic rings. The van der Waals surface area contributed by atoms with Gasteiger partial charge in [0.1, 0.15) is 17.2 Å². The van der Waals surface area contributed by atoms with E-state index in [1.165, 1.54) is 0 Å². The summed E-state index contributed by atoms with van der Waals surface area (Å²) >= 11 is 1.14. The second-order valence-corrected chi connectivity index (χ2v) is 10.7. The van der Waals surface area contributed by atoms with Crippen LogP contribution in [-0.4, -0.2) is 55.9 Å². The van der Waals surface area contributed by atoms with Crippen molar-refractivity contribution in [2.24, 2.45) is 0 Å². The van der Waals surface area contributed by atoms with Gasteiger partial charge in [-0.2, -0.15) is 5.26 Å². The van der Waals surface area contributed by atoms with Gasteiger partial charge < -0.3 is 9.47 Å². The number of ether oxygens (including phenoxy) is 2. The van der Waals surface area contributed by atoms with Crippen LogP contribution in [0.4, 0.5) is 0 Å². The predicted octanol–water partition coefficient (Wildman–Crippen LogP) is 3.25. The van der Waals surface area contributed by atoms with Gasteiger partial charge in [0, 0.05) is 5.69 Å². The lowest BCUT2D eigenvalue weighted by Gasteiger charge is -2.18. The van der Waals surface area contributed by atoms with E-state index in [0.717, 1.165) is 55.1 Å². The number of carbonyl (C=O) groups excluding carboxylic acids is 1. The van der Waals surface area contributed by atoms with E-state index < -0.39 is 21.9 Å². The number of carbonyl (C=O) groups is 1. The van der Waals surface area contributed by atoms with Crippen molar-refractivity contribution in [1.82, 2.24) is 4.98 Å². The van der Waals surface area contributed by atoms with Crippen LogP contribution in [0.3, 0.4) is 0 Å². The molecule has 1 atom stereocenters. The fourth-order valence-electron chi connectivity index (χ4n) is 3.28. The maximum atomic E-state index is 12.4. The number of hydrogen-bond acceptors (Lipinski definition) is 8. The number of aromatic nitrogens is 1. The Hall–Kier alpha value is -1.89. The second kappa shape index (κ2) is 12.8. The third-order valence-corrected chi connectivity index (χ3v) is 7.55. The van der Waals surface area contributed by atoms with E-state index in [4.69, 9.17) is 9.47 Å². The smallest absolute Gasteiger partial charge is 0.316 e. The zero-order valence-corrected chi connectivity index (χ0v) is 19.6. The molecule has 170 valence electrons. The SMILES string of the molecule is C=CCOCC(CS(=O)(=O)CCCC)OC(=O)CSc1nc2c(cc1C#N)CCCC2. The number of hydrogen-bond donors (Lipinski definition) is 0. The Morgan fingerprint density at radius 1 is 1.42 bits per heavy atom. The van der Waals surface area contributed by atoms with E-state index in [1.54, 1.807) is 6.08 Å². The molecule has 31 heavy (non-hydrogen) atoms. The normalized spacial score (nSPS) is 14.3. The van der Waals surface area contributed by atoms with E-state index >= 15 is 0 Å². The summed E-state index contributed by atoms with van der Waals surface area (Å²) in [5.41, 5.74) is 2.54. The van der Waals surface area contributed by atoms with Crippen molar-refractivity contribution in [2.75, 3.05) is 30.5 Å². The summed E-state index contributed by atoms with van der Waals surface area (Å²) in [4.78, 5) is 17.0. The number of rotatable bonds is 13. The molecule has 1 aliphatic rings. The van der Waals surface area contributed by atoms with Gasteiger partial charge in [0.15, 0.2) is 9.84 Å². The van der Waals surface area contributed by atoms with Crippen LogP contribution in [-0.2, 0) is 36.9 Å². The summed E-state index contributed by atoms with van der Waals surface area (Å²) in [6.07, 6.45) is 5.94. The van der Waals surface area contributed by atoms with E-state index in [-0.39, 0.29) is 30.5 Å². The molecular weight excluding hydrogens is 436 g/mol. The number of unbranched alkanes of at least 4 members (excludes halogenated alkanes) is 1. The molecule has 0 saturated heterocycles. The molecule has 0 N–H and O–H groups in total. The lowest BCUT2D eigenvalue weighted by atomic mass is 9.95. The van der Waals surface area contributed by atoms with Gasteiger partial charge in [0.25, 0.3) is 0 Å². The zero-order valence-electron chi connectivity index (χ0n) is 18.0. The molecule has 0 saturated carbocycles. The quantitative estimate of drug-likeness (QED) is 0.189. The molecule has 2 rings (SSSR count). The zero-order chi connectivity index (χ0) is 22.7. The second-order valence-electron chi connectivity index (χ2n) is 7.46. The van der Waals surface area contributed by atoms with Crippen LogP contribution < -0.4 is 0 Å². The first-order valence-corrected chi connectivity index (χ1v) is 13.3. The number of sulfone groups is 1. The molecule has 1 aliphatic carbocycles. The molecule has 0 spiro atoms. The Kier molecular flexibility index (Phi) is 10.5. The van der Waals surface area contributed by atoms with Gasteiger partial charge in [0.2, 0.25) is 0 Å². The lowest BCUT2D eigenvalue weighted by Crippen LogP contribution is -2.33. The summed E-state index contributed by atoms with van der Waals surface area (Å²) in [5.74, 6) is -0.848. The van der Waals surface area contributed by atoms with Crippen LogP contribution in [0, 0.1) is 11.3 Å². The molecule has 0 aromatic carbocycles. The standard InChI is InChI=1S/C22H30N2O5S2/c1-3-5-11-31(26,27)16-19(14-28-10-4-2)29-21(25)15-30-22-18(13-23)12-17-8-6-7-9-20(17)24-22/h4,12,19H,2-3,5-11,14-16H2,1H3. The molecule has 1 aromatic heterocycles. The van der Waals surface area contributed by atoms with Gasteiger partial charge in [-0.3, -0.25) is 4.79 Å². The monoisotopic (exact) mass is 466 g/mol. The van der Waals surface area contributed by atoms with Crippen LogP contribution in [0.25, 0.3) is 0 Å². The highest BCUT2D eigenvalue weighted by Gasteiger charge is 2.24. The van der Waals surface area contributed by atoms with Gasteiger partial charge in [0.05, 0.1) is 36.0 Å². The average molecular weight is 467 g/mol. The van der Waals surface area contributed by atoms with Crippen LogP contribution >= 0.6 is 11.8 Å². The molecular formula is C22H30N2O5S2. The van der Waals surface area contributed by atoms with Gasteiger partial charge >= 0.3 is 5.97 Å². The molecule has 0 amide bonds. The third kappa shape index (κ3) is 8.63. The average Bonchev–Trinajstić information content (AvgIpc) is 2.75. The van der Waals surface area contributed by atoms with E-state index in [0.29, 0.717) is 17.0 Å². The molecule has 7 nitrogen and oxygen atoms in total. The van der Waals surface area contributed by atoms with Crippen LogP contribution in [0.5, 0.6) is 0 Å². The van der Waals surface area contributed by atoms with E-state index in [9.17, 15) is 18.5 Å². The number of thioether (sulfide) groups is 1. The highest BCUT2D eigenvalue weighted by molar-refractivity contribution is 7.99. The molecule has 9 heteroatoms. The Bertz CT molecular complexity index is 909. The van der Waals surface area contributed by atoms with Crippen molar-refractivity contribution in [3.05, 3.63) is 35.5 Å². The van der Waals surface area contributed by atoms with Crippen LogP contribution in [0.1, 0.15) is 49.4 Å². The third-order valence-electron chi connectivity index (χ3n) is 4.80. The predicted molar refractivity (Wildman–Crippen MR) is 121 cm³/mol. The summed E-state index contributed by atoms with van der Waals surface area (Å²) in [5, 5.41) is 9.95. The highest BCUT2D eigenvalue weighted by Crippen LogP contribution is 2.27. The first-order valence-electron chi connectivity index (χ1n) is 10.5. The summed E-state index contributed by atoms with van der Waals surface area (Å²) in [6, 6.07) is 4.01. The Morgan fingerprint density at radius 2 is 2.19 bits per heavy atom. The Labute approximate surface area is 189 Å². The number of aryl methyl sites for hydroxylation is 2. The number of nitriles is 1. The van der Waals surface area contributed by atoms with Crippen LogP contribution in [0.2, 0.25) is 0 Å². The first-order chi connectivity index (χ1) is 14.9. The Balaban J connectivity index is 2.00. The molecule has 0 aliphatic heterocycles. The summed E-state index contributed by atoms with van der Waals surface area (Å²) < 4.78 is 35.3. The minimum absolute atomic E-state index is 0.0195. The molecule has 0 radical (unpaired) electrons. The number of pyridine rings is 1. The molecule has 1 heterocycles. The highest BCUT2D eigenvalue weighted by atomic mass is 32.2. The number of esters is 1. The Morgan fingerprint density at radius 3 is 2.90 bits per heavy atom. The summed E-state index contributed by atoms with van der Waals surface area (Å²) in [6.45, 7) is 5.69. The van der Waals surface area contributed by atoms with Crippen molar-refractivity contribution in [2.45, 2.75) is 56.6 Å². The molecule has 0 bridgehead atoms. The summed E-state index contributed by atoms with van der Waals surface area (Å²) in [7, 11) is -3.36. The van der Waals surface area contributed by atoms with Crippen molar-refractivity contribution < 1.29 is 22.7 Å². The maximum Gasteiger partial charge on any atom is 0.316 e. The maximum absolute atomic E-state index is 12.4. The van der Waals surface area contributed by atoms with Gasteiger partial charge in [-0.25, -0.2) is 13.4 Å². The van der Waals surface area contributed by atoms with E-state index in [1.807, 2.05) is 13.0 Å². The molecule has 1 unspecified atom stereocenters. The topological polar surface area (TPSA) is 106 Å². The minimum Gasteiger partial charge on any atom is -0.458 e. The van der Waals surface area contributed by atoms with Gasteiger partial charge in [-0.15, -0.1) is 6.58 Å². The lowest BCUT2D eigenvalue weighted by molar-refractivity contribution is -0.147. The van der Waals surface area contributed by atoms with E-state index in [2.05, 4.69) is 17.6 Å². The van der Waals surface area contributed by atoms with Crippen molar-refractivity contribution >= 4 is 27.6 Å². The minimum atomic E-state index is -3.36. The first kappa shape index (κ1) is 25.4. The largest absolute Gasteiger partial charge is 0.458 e. The van der Waals surface area contributed by atoms with Gasteiger partial charge in [-0.1, -0.05) is 31.2 Å².